The zero-order valence-electron chi connectivity index (χ0n) is 23.9. The van der Waals surface area contributed by atoms with Crippen molar-refractivity contribution in [3.63, 3.8) is 0 Å². The summed E-state index contributed by atoms with van der Waals surface area (Å²) in [5, 5.41) is 11.3. The highest BCUT2D eigenvalue weighted by atomic mass is 16.6. The molecule has 1 aliphatic rings. The molecule has 0 spiro atoms. The van der Waals surface area contributed by atoms with Crippen LogP contribution >= 0.6 is 0 Å². The van der Waals surface area contributed by atoms with Crippen LogP contribution in [0.25, 0.3) is 0 Å². The standard InChI is InChI=1S/C33H38N4O5/c1-25(38)34-17-30-19-37(36-35-30)18-29-23-40-31(24-39-20-26-11-5-2-6-12-26)33(42-22-28-15-9-4-10-16-28)32(29)41-21-27-13-7-3-8-14-27/h2-16,19,29,31-33H,17-18,20-24H2,1H3,(H,34,38)/t29-,31-,32-,33+/m1/s1. The maximum atomic E-state index is 11.3. The van der Waals surface area contributed by atoms with Gasteiger partial charge in [0, 0.05) is 12.8 Å². The lowest BCUT2D eigenvalue weighted by Gasteiger charge is -2.42. The van der Waals surface area contributed by atoms with Crippen LogP contribution < -0.4 is 5.32 Å². The number of nitrogens with zero attached hydrogens (tertiary/aromatic N) is 3. The van der Waals surface area contributed by atoms with E-state index in [2.05, 4.69) is 27.8 Å². The summed E-state index contributed by atoms with van der Waals surface area (Å²) in [5.74, 6) is -0.172. The minimum absolute atomic E-state index is 0.0600. The van der Waals surface area contributed by atoms with E-state index in [9.17, 15) is 4.79 Å². The van der Waals surface area contributed by atoms with Gasteiger partial charge in [-0.05, 0) is 16.7 Å². The van der Waals surface area contributed by atoms with Crippen LogP contribution in [0.5, 0.6) is 0 Å². The van der Waals surface area contributed by atoms with E-state index in [4.69, 9.17) is 18.9 Å². The number of carbonyl (C=O) groups is 1. The molecule has 1 aromatic heterocycles. The predicted molar refractivity (Wildman–Crippen MR) is 157 cm³/mol. The van der Waals surface area contributed by atoms with Gasteiger partial charge in [0.1, 0.15) is 17.9 Å². The van der Waals surface area contributed by atoms with Gasteiger partial charge in [-0.15, -0.1) is 5.10 Å². The Labute approximate surface area is 246 Å². The number of hydrogen-bond acceptors (Lipinski definition) is 7. The quantitative estimate of drug-likeness (QED) is 0.241. The van der Waals surface area contributed by atoms with E-state index in [1.807, 2.05) is 85.1 Å². The van der Waals surface area contributed by atoms with E-state index in [1.54, 1.807) is 4.68 Å². The molecule has 9 heteroatoms. The summed E-state index contributed by atoms with van der Waals surface area (Å²) in [6.45, 7) is 4.50. The Morgan fingerprint density at radius 3 is 2.02 bits per heavy atom. The number of aromatic nitrogens is 3. The van der Waals surface area contributed by atoms with Crippen molar-refractivity contribution >= 4 is 5.91 Å². The van der Waals surface area contributed by atoms with Crippen LogP contribution in [0, 0.1) is 5.92 Å². The van der Waals surface area contributed by atoms with Gasteiger partial charge in [0.15, 0.2) is 0 Å². The number of nitrogens with one attached hydrogen (secondary N) is 1. The third-order valence-electron chi connectivity index (χ3n) is 7.17. The van der Waals surface area contributed by atoms with Gasteiger partial charge in [-0.3, -0.25) is 9.48 Å². The maximum absolute atomic E-state index is 11.3. The van der Waals surface area contributed by atoms with E-state index in [1.165, 1.54) is 6.92 Å². The lowest BCUT2D eigenvalue weighted by Crippen LogP contribution is -2.55. The number of rotatable bonds is 14. The number of benzene rings is 3. The van der Waals surface area contributed by atoms with Gasteiger partial charge >= 0.3 is 0 Å². The summed E-state index contributed by atoms with van der Waals surface area (Å²) in [4.78, 5) is 11.3. The van der Waals surface area contributed by atoms with Crippen LogP contribution in [0.1, 0.15) is 29.3 Å². The highest BCUT2D eigenvalue weighted by Gasteiger charge is 2.42. The SMILES string of the molecule is CC(=O)NCc1cn(C[C@@H]2CO[C@H](COCc3ccccc3)[C@H](OCc3ccccc3)[C@@H]2OCc2ccccc2)nn1. The molecule has 4 aromatic rings. The van der Waals surface area contributed by atoms with Gasteiger partial charge in [-0.1, -0.05) is 96.2 Å². The fourth-order valence-electron chi connectivity index (χ4n) is 5.01. The smallest absolute Gasteiger partial charge is 0.217 e. The van der Waals surface area contributed by atoms with E-state index in [0.717, 1.165) is 16.7 Å². The van der Waals surface area contributed by atoms with Crippen molar-refractivity contribution in [3.05, 3.63) is 120 Å². The third kappa shape index (κ3) is 8.80. The lowest BCUT2D eigenvalue weighted by molar-refractivity contribution is -0.222. The number of ether oxygens (including phenoxy) is 4. The van der Waals surface area contributed by atoms with E-state index in [-0.39, 0.29) is 30.1 Å². The van der Waals surface area contributed by atoms with Crippen molar-refractivity contribution in [2.75, 3.05) is 13.2 Å². The molecule has 1 N–H and O–H groups in total. The molecule has 1 aliphatic heterocycles. The van der Waals surface area contributed by atoms with Crippen LogP contribution in [-0.2, 0) is 56.7 Å². The predicted octanol–water partition coefficient (Wildman–Crippen LogP) is 4.32. The van der Waals surface area contributed by atoms with E-state index < -0.39 is 0 Å². The fraction of sp³-hybridized carbons (Fsp3) is 0.364. The summed E-state index contributed by atoms with van der Waals surface area (Å²) in [5.41, 5.74) is 3.95. The Kier molecular flexibility index (Phi) is 10.8. The first-order valence-corrected chi connectivity index (χ1v) is 14.3. The molecule has 0 radical (unpaired) electrons. The first-order valence-electron chi connectivity index (χ1n) is 14.3. The molecular formula is C33H38N4O5. The Bertz CT molecular complexity index is 1350. The molecule has 0 bridgehead atoms. The van der Waals surface area contributed by atoms with E-state index >= 15 is 0 Å². The monoisotopic (exact) mass is 570 g/mol. The third-order valence-corrected chi connectivity index (χ3v) is 7.17. The second-order valence-corrected chi connectivity index (χ2v) is 10.5. The van der Waals surface area contributed by atoms with Crippen molar-refractivity contribution in [2.45, 2.75) is 58.1 Å². The van der Waals surface area contributed by atoms with Crippen LogP contribution in [0.2, 0.25) is 0 Å². The zero-order chi connectivity index (χ0) is 29.0. The molecule has 0 unspecified atom stereocenters. The summed E-state index contributed by atoms with van der Waals surface area (Å²) in [6.07, 6.45) is 0.848. The molecule has 42 heavy (non-hydrogen) atoms. The average Bonchev–Trinajstić information content (AvgIpc) is 3.48. The molecule has 2 heterocycles. The molecule has 9 nitrogen and oxygen atoms in total. The van der Waals surface area contributed by atoms with Gasteiger partial charge < -0.3 is 24.3 Å². The second-order valence-electron chi connectivity index (χ2n) is 10.5. The largest absolute Gasteiger partial charge is 0.374 e. The molecular weight excluding hydrogens is 532 g/mol. The van der Waals surface area contributed by atoms with E-state index in [0.29, 0.717) is 51.8 Å². The first-order chi connectivity index (χ1) is 20.6. The number of carbonyl (C=O) groups excluding carboxylic acids is 1. The second kappa shape index (κ2) is 15.4. The highest BCUT2D eigenvalue weighted by molar-refractivity contribution is 5.72. The molecule has 0 saturated carbocycles. The van der Waals surface area contributed by atoms with Crippen molar-refractivity contribution in [1.82, 2.24) is 20.3 Å². The van der Waals surface area contributed by atoms with Crippen LogP contribution in [0.4, 0.5) is 0 Å². The van der Waals surface area contributed by atoms with Gasteiger partial charge in [0.2, 0.25) is 5.91 Å². The average molecular weight is 571 g/mol. The summed E-state index contributed by atoms with van der Waals surface area (Å²) >= 11 is 0. The normalized spacial score (nSPS) is 20.3. The van der Waals surface area contributed by atoms with Crippen LogP contribution in [0.3, 0.4) is 0 Å². The van der Waals surface area contributed by atoms with Gasteiger partial charge in [0.05, 0.1) is 58.4 Å². The van der Waals surface area contributed by atoms with Crippen LogP contribution in [0.15, 0.2) is 97.2 Å². The molecule has 3 aromatic carbocycles. The van der Waals surface area contributed by atoms with Crippen molar-refractivity contribution < 1.29 is 23.7 Å². The summed E-state index contributed by atoms with van der Waals surface area (Å²) in [7, 11) is 0. The Balaban J connectivity index is 1.34. The zero-order valence-corrected chi connectivity index (χ0v) is 23.9. The topological polar surface area (TPSA) is 96.7 Å². The van der Waals surface area contributed by atoms with Crippen molar-refractivity contribution in [2.24, 2.45) is 5.92 Å². The van der Waals surface area contributed by atoms with Crippen molar-refractivity contribution in [3.8, 4) is 0 Å². The number of hydrogen-bond donors (Lipinski definition) is 1. The minimum Gasteiger partial charge on any atom is -0.374 e. The molecule has 4 atom stereocenters. The molecule has 0 aliphatic carbocycles. The Hall–Kier alpha value is -3.89. The molecule has 1 amide bonds. The van der Waals surface area contributed by atoms with Crippen molar-refractivity contribution in [1.29, 1.82) is 0 Å². The van der Waals surface area contributed by atoms with Gasteiger partial charge in [-0.25, -0.2) is 0 Å². The Morgan fingerprint density at radius 1 is 0.857 bits per heavy atom. The summed E-state index contributed by atoms with van der Waals surface area (Å²) < 4.78 is 27.6. The molecule has 220 valence electrons. The molecule has 1 fully saturated rings. The lowest BCUT2D eigenvalue weighted by atomic mass is 9.91. The first kappa shape index (κ1) is 29.6. The Morgan fingerprint density at radius 2 is 1.43 bits per heavy atom. The number of amides is 1. The minimum atomic E-state index is -0.384. The fourth-order valence-corrected chi connectivity index (χ4v) is 5.01. The van der Waals surface area contributed by atoms with Crippen LogP contribution in [-0.4, -0.2) is 52.4 Å². The molecule has 1 saturated heterocycles. The van der Waals surface area contributed by atoms with Gasteiger partial charge in [0.25, 0.3) is 0 Å². The maximum Gasteiger partial charge on any atom is 0.217 e. The highest BCUT2D eigenvalue weighted by Crippen LogP contribution is 2.29. The summed E-state index contributed by atoms with van der Waals surface area (Å²) in [6, 6.07) is 30.3. The van der Waals surface area contributed by atoms with Gasteiger partial charge in [-0.2, -0.15) is 0 Å². The molecule has 5 rings (SSSR count).